The summed E-state index contributed by atoms with van der Waals surface area (Å²) in [6.45, 7) is 0. The molecule has 2 rings (SSSR count). The molecule has 0 atom stereocenters. The summed E-state index contributed by atoms with van der Waals surface area (Å²) in [5, 5.41) is 8.33. The third-order valence-corrected chi connectivity index (χ3v) is 2.42. The molecule has 1 heterocycles. The van der Waals surface area contributed by atoms with Gasteiger partial charge in [-0.15, -0.1) is 0 Å². The smallest absolute Gasteiger partial charge is 0.422 e. The van der Waals surface area contributed by atoms with Gasteiger partial charge in [-0.1, -0.05) is 0 Å². The second-order valence-corrected chi connectivity index (χ2v) is 3.61. The van der Waals surface area contributed by atoms with Crippen molar-refractivity contribution in [1.29, 1.82) is 0 Å². The van der Waals surface area contributed by atoms with Gasteiger partial charge < -0.3 is 10.1 Å². The van der Waals surface area contributed by atoms with Gasteiger partial charge in [-0.2, -0.15) is 17.7 Å². The fourth-order valence-electron chi connectivity index (χ4n) is 1.57. The van der Waals surface area contributed by atoms with Gasteiger partial charge in [0.05, 0.1) is 16.5 Å². The number of hydrogen-bond acceptors (Lipinski definition) is 3. The van der Waals surface area contributed by atoms with E-state index >= 15 is 0 Å². The van der Waals surface area contributed by atoms with E-state index in [1.807, 2.05) is 4.98 Å². The van der Waals surface area contributed by atoms with Crippen molar-refractivity contribution in [3.63, 3.8) is 0 Å². The summed E-state index contributed by atoms with van der Waals surface area (Å²) in [7, 11) is 0. The van der Waals surface area contributed by atoms with Gasteiger partial charge in [-0.05, 0) is 18.2 Å². The van der Waals surface area contributed by atoms with Crippen molar-refractivity contribution < 1.29 is 23.1 Å². The molecule has 0 aliphatic carbocycles. The largest absolute Gasteiger partial charge is 0.464 e. The van der Waals surface area contributed by atoms with E-state index in [1.165, 1.54) is 0 Å². The zero-order valence-electron chi connectivity index (χ0n) is 8.99. The van der Waals surface area contributed by atoms with Crippen molar-refractivity contribution in [2.24, 2.45) is 0 Å². The number of nitrogens with one attached hydrogen (secondary N) is 1. The summed E-state index contributed by atoms with van der Waals surface area (Å²) in [5.41, 5.74) is -3.94. The number of nitrogens with zero attached hydrogens (tertiary/aromatic N) is 1. The lowest BCUT2D eigenvalue weighted by molar-refractivity contribution is -0.137. The van der Waals surface area contributed by atoms with Crippen LogP contribution in [0.15, 0.2) is 27.8 Å². The van der Waals surface area contributed by atoms with Crippen molar-refractivity contribution in [3.8, 4) is 0 Å². The SMILES string of the molecule is O=C(O)n1c(=O)[nH]c2cc(C(F)(F)F)ccc2c1=O. The average Bonchev–Trinajstić information content (AvgIpc) is 2.26. The summed E-state index contributed by atoms with van der Waals surface area (Å²) in [5.74, 6) is 0. The minimum Gasteiger partial charge on any atom is -0.464 e. The Morgan fingerprint density at radius 3 is 2.42 bits per heavy atom. The standard InChI is InChI=1S/C10H5F3N2O4/c11-10(12,13)4-1-2-5-6(3-4)14-8(17)15(7(5)16)9(18)19/h1-3H,(H,14,17)(H,18,19). The topological polar surface area (TPSA) is 92.2 Å². The predicted octanol–water partition coefficient (Wildman–Crippen LogP) is 1.23. The molecular weight excluding hydrogens is 269 g/mol. The molecule has 2 aromatic rings. The molecule has 2 N–H and O–H groups in total. The first kappa shape index (κ1) is 12.9. The number of halogens is 3. The van der Waals surface area contributed by atoms with Crippen LogP contribution in [0.25, 0.3) is 10.9 Å². The number of fused-ring (bicyclic) bond motifs is 1. The molecular formula is C10H5F3N2O4. The van der Waals surface area contributed by atoms with Crippen LogP contribution in [-0.2, 0) is 6.18 Å². The van der Waals surface area contributed by atoms with Crippen LogP contribution in [0.5, 0.6) is 0 Å². The monoisotopic (exact) mass is 274 g/mol. The van der Waals surface area contributed by atoms with Crippen LogP contribution in [0.1, 0.15) is 5.56 Å². The zero-order chi connectivity index (χ0) is 14.4. The number of H-pyrrole nitrogens is 1. The highest BCUT2D eigenvalue weighted by Crippen LogP contribution is 2.30. The lowest BCUT2D eigenvalue weighted by Gasteiger charge is -2.07. The molecule has 100 valence electrons. The first-order valence-electron chi connectivity index (χ1n) is 4.81. The Kier molecular flexibility index (Phi) is 2.69. The van der Waals surface area contributed by atoms with Crippen LogP contribution in [0, 0.1) is 0 Å². The van der Waals surface area contributed by atoms with E-state index in [1.54, 1.807) is 0 Å². The summed E-state index contributed by atoms with van der Waals surface area (Å²) >= 11 is 0. The molecule has 9 heteroatoms. The molecule has 1 aromatic carbocycles. The minimum absolute atomic E-state index is 0.115. The van der Waals surface area contributed by atoms with Gasteiger partial charge in [-0.3, -0.25) is 4.79 Å². The van der Waals surface area contributed by atoms with E-state index in [4.69, 9.17) is 5.11 Å². The highest BCUT2D eigenvalue weighted by atomic mass is 19.4. The maximum Gasteiger partial charge on any atom is 0.422 e. The van der Waals surface area contributed by atoms with E-state index in [9.17, 15) is 27.6 Å². The van der Waals surface area contributed by atoms with Crippen LogP contribution >= 0.6 is 0 Å². The molecule has 0 unspecified atom stereocenters. The second-order valence-electron chi connectivity index (χ2n) is 3.61. The normalized spacial score (nSPS) is 11.7. The molecule has 6 nitrogen and oxygen atoms in total. The molecule has 19 heavy (non-hydrogen) atoms. The third kappa shape index (κ3) is 2.09. The van der Waals surface area contributed by atoms with Crippen LogP contribution < -0.4 is 11.2 Å². The van der Waals surface area contributed by atoms with Crippen molar-refractivity contribution in [2.75, 3.05) is 0 Å². The van der Waals surface area contributed by atoms with Gasteiger partial charge in [0, 0.05) is 0 Å². The van der Waals surface area contributed by atoms with Crippen molar-refractivity contribution in [1.82, 2.24) is 9.55 Å². The lowest BCUT2D eigenvalue weighted by Crippen LogP contribution is -2.39. The zero-order valence-corrected chi connectivity index (χ0v) is 8.99. The molecule has 1 aromatic heterocycles. The summed E-state index contributed by atoms with van der Waals surface area (Å²) < 4.78 is 37.2. The summed E-state index contributed by atoms with van der Waals surface area (Å²) in [6, 6.07) is 2.02. The Hall–Kier alpha value is -2.58. The summed E-state index contributed by atoms with van der Waals surface area (Å²) in [6.07, 6.45) is -6.44. The second kappa shape index (κ2) is 3.97. The Labute approximate surface area is 101 Å². The van der Waals surface area contributed by atoms with Crippen molar-refractivity contribution >= 4 is 17.0 Å². The highest BCUT2D eigenvalue weighted by molar-refractivity contribution is 5.80. The number of carbonyl (C=O) groups is 1. The van der Waals surface area contributed by atoms with E-state index in [0.29, 0.717) is 12.1 Å². The Balaban J connectivity index is 2.86. The number of rotatable bonds is 0. The first-order valence-corrected chi connectivity index (χ1v) is 4.81. The summed E-state index contributed by atoms with van der Waals surface area (Å²) in [4.78, 5) is 35.5. The van der Waals surface area contributed by atoms with Gasteiger partial charge in [0.1, 0.15) is 0 Å². The number of hydrogen-bond donors (Lipinski definition) is 2. The molecule has 0 saturated heterocycles. The molecule has 0 aliphatic heterocycles. The average molecular weight is 274 g/mol. The van der Waals surface area contributed by atoms with Gasteiger partial charge in [0.15, 0.2) is 0 Å². The number of aromatic amines is 1. The van der Waals surface area contributed by atoms with Crippen LogP contribution in [0.3, 0.4) is 0 Å². The molecule has 0 bridgehead atoms. The van der Waals surface area contributed by atoms with Crippen LogP contribution in [0.4, 0.5) is 18.0 Å². The fourth-order valence-corrected chi connectivity index (χ4v) is 1.57. The van der Waals surface area contributed by atoms with Crippen LogP contribution in [0.2, 0.25) is 0 Å². The van der Waals surface area contributed by atoms with E-state index in [2.05, 4.69) is 0 Å². The molecule has 0 aliphatic rings. The minimum atomic E-state index is -4.63. The Morgan fingerprint density at radius 1 is 1.26 bits per heavy atom. The van der Waals surface area contributed by atoms with Crippen molar-refractivity contribution in [3.05, 3.63) is 44.6 Å². The molecule has 0 fully saturated rings. The molecule has 0 amide bonds. The number of aromatic nitrogens is 2. The molecule has 0 spiro atoms. The molecule has 0 saturated carbocycles. The fraction of sp³-hybridized carbons (Fsp3) is 0.100. The number of carboxylic acid groups (broad SMARTS) is 1. The maximum atomic E-state index is 12.5. The number of benzene rings is 1. The maximum absolute atomic E-state index is 12.5. The van der Waals surface area contributed by atoms with Gasteiger partial charge in [-0.25, -0.2) is 9.59 Å². The van der Waals surface area contributed by atoms with Crippen LogP contribution in [-0.4, -0.2) is 20.8 Å². The highest BCUT2D eigenvalue weighted by Gasteiger charge is 2.30. The van der Waals surface area contributed by atoms with Crippen molar-refractivity contribution in [2.45, 2.75) is 6.18 Å². The van der Waals surface area contributed by atoms with E-state index in [0.717, 1.165) is 6.07 Å². The van der Waals surface area contributed by atoms with Gasteiger partial charge in [0.25, 0.3) is 5.56 Å². The molecule has 0 radical (unpaired) electrons. The van der Waals surface area contributed by atoms with E-state index in [-0.39, 0.29) is 15.5 Å². The number of alkyl halides is 3. The lowest BCUT2D eigenvalue weighted by atomic mass is 10.1. The van der Waals surface area contributed by atoms with E-state index < -0.39 is 29.1 Å². The van der Waals surface area contributed by atoms with Gasteiger partial charge >= 0.3 is 18.0 Å². The first-order chi connectivity index (χ1) is 8.71. The third-order valence-electron chi connectivity index (χ3n) is 2.42. The van der Waals surface area contributed by atoms with Gasteiger partial charge in [0.2, 0.25) is 0 Å². The quantitative estimate of drug-likeness (QED) is 0.755. The Morgan fingerprint density at radius 2 is 1.89 bits per heavy atom. The predicted molar refractivity (Wildman–Crippen MR) is 57.3 cm³/mol. The Bertz CT molecular complexity index is 788.